The summed E-state index contributed by atoms with van der Waals surface area (Å²) in [5, 5.41) is 8.98. The monoisotopic (exact) mass is 260 g/mol. The van der Waals surface area contributed by atoms with Gasteiger partial charge < -0.3 is 22.3 Å². The van der Waals surface area contributed by atoms with E-state index >= 15 is 0 Å². The predicted octanol–water partition coefficient (Wildman–Crippen LogP) is -3.02. The van der Waals surface area contributed by atoms with E-state index < -0.39 is 42.8 Å². The molecule has 0 unspecified atom stereocenters. The molecule has 3 amide bonds. The van der Waals surface area contributed by atoms with Crippen molar-refractivity contribution in [1.29, 1.82) is 0 Å². The molecule has 0 saturated carbocycles. The van der Waals surface area contributed by atoms with E-state index in [1.54, 1.807) is 0 Å². The maximum Gasteiger partial charge on any atom is 0.320 e. The number of carboxylic acid groups (broad SMARTS) is 1. The Balaban J connectivity index is 4.83. The van der Waals surface area contributed by atoms with Gasteiger partial charge >= 0.3 is 5.97 Å². The van der Waals surface area contributed by atoms with Crippen molar-refractivity contribution in [1.82, 2.24) is 4.90 Å². The minimum atomic E-state index is -1.29. The Labute approximate surface area is 103 Å². The average molecular weight is 260 g/mol. The fraction of sp³-hybridized carbons (Fsp3) is 0.556. The van der Waals surface area contributed by atoms with Crippen LogP contribution in [-0.2, 0) is 19.2 Å². The second-order valence-corrected chi connectivity index (χ2v) is 3.70. The minimum absolute atomic E-state index is 0.134. The van der Waals surface area contributed by atoms with Gasteiger partial charge in [0.05, 0.1) is 13.1 Å². The number of carbonyl (C=O) groups excluding carboxylic acids is 3. The van der Waals surface area contributed by atoms with E-state index in [1.165, 1.54) is 0 Å². The maximum atomic E-state index is 11.0. The third kappa shape index (κ3) is 6.43. The van der Waals surface area contributed by atoms with Gasteiger partial charge in [0.25, 0.3) is 0 Å². The van der Waals surface area contributed by atoms with Crippen molar-refractivity contribution in [2.24, 2.45) is 17.2 Å². The molecule has 0 aliphatic carbocycles. The van der Waals surface area contributed by atoms with Crippen LogP contribution < -0.4 is 17.2 Å². The van der Waals surface area contributed by atoms with Crippen LogP contribution in [0.1, 0.15) is 12.8 Å². The summed E-state index contributed by atoms with van der Waals surface area (Å²) >= 11 is 0. The summed E-state index contributed by atoms with van der Waals surface area (Å²) in [5.41, 5.74) is 14.8. The van der Waals surface area contributed by atoms with E-state index in [0.29, 0.717) is 0 Å². The van der Waals surface area contributed by atoms with Gasteiger partial charge in [-0.15, -0.1) is 0 Å². The Bertz CT molecular complexity index is 341. The maximum absolute atomic E-state index is 11.0. The zero-order valence-corrected chi connectivity index (χ0v) is 9.67. The van der Waals surface area contributed by atoms with Crippen LogP contribution in [-0.4, -0.2) is 52.8 Å². The van der Waals surface area contributed by atoms with Crippen molar-refractivity contribution in [3.8, 4) is 0 Å². The van der Waals surface area contributed by atoms with E-state index in [-0.39, 0.29) is 12.8 Å². The quantitative estimate of drug-likeness (QED) is 0.343. The molecule has 0 aromatic heterocycles. The van der Waals surface area contributed by atoms with E-state index in [4.69, 9.17) is 22.3 Å². The lowest BCUT2D eigenvalue weighted by Crippen LogP contribution is -2.49. The van der Waals surface area contributed by atoms with Crippen molar-refractivity contribution < 1.29 is 24.3 Å². The highest BCUT2D eigenvalue weighted by molar-refractivity contribution is 5.82. The Morgan fingerprint density at radius 2 is 1.39 bits per heavy atom. The number of hydrogen-bond acceptors (Lipinski definition) is 5. The third-order valence-corrected chi connectivity index (χ3v) is 2.11. The van der Waals surface area contributed by atoms with E-state index in [1.807, 2.05) is 0 Å². The zero-order valence-electron chi connectivity index (χ0n) is 9.67. The van der Waals surface area contributed by atoms with Gasteiger partial charge in [0.15, 0.2) is 0 Å². The second kappa shape index (κ2) is 7.22. The number of primary amides is 3. The van der Waals surface area contributed by atoms with Gasteiger partial charge in [0.1, 0.15) is 6.04 Å². The van der Waals surface area contributed by atoms with Crippen LogP contribution in [0.15, 0.2) is 0 Å². The van der Waals surface area contributed by atoms with Crippen molar-refractivity contribution in [2.75, 3.05) is 13.1 Å². The Hall–Kier alpha value is -2.16. The van der Waals surface area contributed by atoms with Gasteiger partial charge in [-0.05, 0) is 6.42 Å². The largest absolute Gasteiger partial charge is 0.480 e. The highest BCUT2D eigenvalue weighted by Crippen LogP contribution is 2.07. The molecule has 102 valence electrons. The highest BCUT2D eigenvalue weighted by atomic mass is 16.4. The lowest BCUT2D eigenvalue weighted by molar-refractivity contribution is -0.144. The van der Waals surface area contributed by atoms with Crippen LogP contribution in [0.2, 0.25) is 0 Å². The summed E-state index contributed by atoms with van der Waals surface area (Å²) in [7, 11) is 0. The Morgan fingerprint density at radius 1 is 0.944 bits per heavy atom. The molecule has 7 N–H and O–H groups in total. The lowest BCUT2D eigenvalue weighted by Gasteiger charge is -2.25. The molecule has 1 atom stereocenters. The zero-order chi connectivity index (χ0) is 14.3. The number of carboxylic acids is 1. The van der Waals surface area contributed by atoms with Crippen LogP contribution in [0.3, 0.4) is 0 Å². The summed E-state index contributed by atoms with van der Waals surface area (Å²) in [6, 6.07) is -1.22. The van der Waals surface area contributed by atoms with Crippen molar-refractivity contribution in [3.05, 3.63) is 0 Å². The molecule has 18 heavy (non-hydrogen) atoms. The van der Waals surface area contributed by atoms with Gasteiger partial charge in [-0.3, -0.25) is 24.1 Å². The summed E-state index contributed by atoms with van der Waals surface area (Å²) in [5.74, 6) is -3.58. The first-order valence-corrected chi connectivity index (χ1v) is 5.05. The molecule has 0 heterocycles. The van der Waals surface area contributed by atoms with E-state index in [9.17, 15) is 19.2 Å². The summed E-state index contributed by atoms with van der Waals surface area (Å²) in [6.07, 6.45) is -0.323. The minimum Gasteiger partial charge on any atom is -0.480 e. The molecule has 0 aromatic rings. The molecule has 0 saturated heterocycles. The van der Waals surface area contributed by atoms with Gasteiger partial charge in [-0.2, -0.15) is 0 Å². The normalized spacial score (nSPS) is 12.1. The number of nitrogens with two attached hydrogens (primary N) is 3. The van der Waals surface area contributed by atoms with Crippen molar-refractivity contribution in [2.45, 2.75) is 18.9 Å². The first kappa shape index (κ1) is 15.8. The molecule has 0 fully saturated rings. The van der Waals surface area contributed by atoms with Crippen molar-refractivity contribution in [3.63, 3.8) is 0 Å². The third-order valence-electron chi connectivity index (χ3n) is 2.11. The standard InChI is InChI=1S/C9H16N4O5/c10-6(14)2-1-5(9(17)18)13(3-7(11)15)4-8(12)16/h5H,1-4H2,(H2,10,14)(H2,11,15)(H2,12,16)(H,17,18)/t5-/m0/s1. The number of rotatable bonds is 9. The highest BCUT2D eigenvalue weighted by Gasteiger charge is 2.28. The number of hydrogen-bond donors (Lipinski definition) is 4. The van der Waals surface area contributed by atoms with Crippen LogP contribution in [0, 0.1) is 0 Å². The molecule has 0 aliphatic heterocycles. The van der Waals surface area contributed by atoms with E-state index in [0.717, 1.165) is 4.90 Å². The fourth-order valence-corrected chi connectivity index (χ4v) is 1.42. The van der Waals surface area contributed by atoms with E-state index in [2.05, 4.69) is 0 Å². The van der Waals surface area contributed by atoms with Crippen LogP contribution in [0.4, 0.5) is 0 Å². The Morgan fingerprint density at radius 3 is 1.67 bits per heavy atom. The summed E-state index contributed by atoms with van der Waals surface area (Å²) in [4.78, 5) is 44.2. The lowest BCUT2D eigenvalue weighted by atomic mass is 10.1. The first-order chi connectivity index (χ1) is 8.23. The first-order valence-electron chi connectivity index (χ1n) is 5.05. The average Bonchev–Trinajstić information content (AvgIpc) is 2.14. The second-order valence-electron chi connectivity index (χ2n) is 3.70. The molecule has 0 rings (SSSR count). The molecular weight excluding hydrogens is 244 g/mol. The van der Waals surface area contributed by atoms with Crippen molar-refractivity contribution >= 4 is 23.7 Å². The molecule has 0 spiro atoms. The van der Waals surface area contributed by atoms with Crippen LogP contribution in [0.25, 0.3) is 0 Å². The molecule has 0 bridgehead atoms. The van der Waals surface area contributed by atoms with Gasteiger partial charge in [-0.1, -0.05) is 0 Å². The Kier molecular flexibility index (Phi) is 6.35. The molecule has 9 heteroatoms. The molecule has 0 aliphatic rings. The number of carbonyl (C=O) groups is 4. The number of aliphatic carboxylic acids is 1. The SMILES string of the molecule is NC(=O)CC[C@@H](C(=O)O)N(CC(N)=O)CC(N)=O. The number of amides is 3. The van der Waals surface area contributed by atoms with Gasteiger partial charge in [0.2, 0.25) is 17.7 Å². The predicted molar refractivity (Wildman–Crippen MR) is 59.8 cm³/mol. The number of nitrogens with zero attached hydrogens (tertiary/aromatic N) is 1. The molecule has 9 nitrogen and oxygen atoms in total. The topological polar surface area (TPSA) is 170 Å². The summed E-state index contributed by atoms with van der Waals surface area (Å²) < 4.78 is 0. The molecule has 0 radical (unpaired) electrons. The van der Waals surface area contributed by atoms with Crippen LogP contribution in [0.5, 0.6) is 0 Å². The molecule has 0 aromatic carbocycles. The fourth-order valence-electron chi connectivity index (χ4n) is 1.42. The molecular formula is C9H16N4O5. The smallest absolute Gasteiger partial charge is 0.320 e. The van der Waals surface area contributed by atoms with Gasteiger partial charge in [0, 0.05) is 6.42 Å². The van der Waals surface area contributed by atoms with Gasteiger partial charge in [-0.25, -0.2) is 0 Å². The summed E-state index contributed by atoms with van der Waals surface area (Å²) in [6.45, 7) is -0.892. The van der Waals surface area contributed by atoms with Crippen LogP contribution >= 0.6 is 0 Å².